The van der Waals surface area contributed by atoms with Crippen LogP contribution in [0.4, 0.5) is 0 Å². The maximum atomic E-state index is 12.2. The molecule has 0 aliphatic heterocycles. The molecular formula is C14H15N5O3S. The largest absolute Gasteiger partial charge is 0.480 e. The van der Waals surface area contributed by atoms with Gasteiger partial charge in [-0.1, -0.05) is 0 Å². The van der Waals surface area contributed by atoms with Crippen molar-refractivity contribution in [3.05, 3.63) is 44.3 Å². The number of aromatic nitrogens is 4. The molecule has 0 spiro atoms. The molecule has 8 nitrogen and oxygen atoms in total. The molecule has 120 valence electrons. The van der Waals surface area contributed by atoms with E-state index in [1.807, 2.05) is 13.8 Å². The predicted octanol–water partition coefficient (Wildman–Crippen LogP) is 1.03. The molecule has 0 aliphatic carbocycles. The van der Waals surface area contributed by atoms with Crippen LogP contribution >= 0.6 is 11.5 Å². The van der Waals surface area contributed by atoms with Gasteiger partial charge in [-0.25, -0.2) is 9.50 Å². The third kappa shape index (κ3) is 2.82. The second kappa shape index (κ2) is 5.84. The number of nitrogens with zero attached hydrogens (tertiary/aromatic N) is 3. The summed E-state index contributed by atoms with van der Waals surface area (Å²) in [6, 6.07) is 3.02. The van der Waals surface area contributed by atoms with Gasteiger partial charge in [-0.3, -0.25) is 14.7 Å². The lowest BCUT2D eigenvalue weighted by Gasteiger charge is -2.11. The molecule has 0 saturated heterocycles. The Kier molecular flexibility index (Phi) is 3.87. The van der Waals surface area contributed by atoms with Gasteiger partial charge in [-0.2, -0.15) is 4.37 Å². The Hall–Kier alpha value is -2.68. The summed E-state index contributed by atoms with van der Waals surface area (Å²) in [5, 5.41) is 5.52. The molecule has 0 bridgehead atoms. The monoisotopic (exact) mass is 333 g/mol. The number of H-pyrrole nitrogens is 1. The van der Waals surface area contributed by atoms with Gasteiger partial charge >= 0.3 is 0 Å². The smallest absolute Gasteiger partial charge is 0.266 e. The number of hydrogen-bond donors (Lipinski definition) is 2. The summed E-state index contributed by atoms with van der Waals surface area (Å²) < 4.78 is 10.6. The quantitative estimate of drug-likeness (QED) is 0.743. The number of aromatic amines is 1. The van der Waals surface area contributed by atoms with Crippen LogP contribution in [0.5, 0.6) is 5.88 Å². The van der Waals surface area contributed by atoms with Gasteiger partial charge in [0.05, 0.1) is 7.11 Å². The van der Waals surface area contributed by atoms with Crippen LogP contribution in [0.1, 0.15) is 26.6 Å². The van der Waals surface area contributed by atoms with Crippen molar-refractivity contribution in [2.45, 2.75) is 20.4 Å². The highest BCUT2D eigenvalue weighted by molar-refractivity contribution is 7.08. The summed E-state index contributed by atoms with van der Waals surface area (Å²) in [5.74, 6) is 0.186. The normalized spacial score (nSPS) is 10.9. The van der Waals surface area contributed by atoms with Crippen LogP contribution in [-0.4, -0.2) is 32.0 Å². The molecule has 0 atom stereocenters. The number of fused-ring (bicyclic) bond motifs is 1. The van der Waals surface area contributed by atoms with Crippen LogP contribution in [0.15, 0.2) is 16.9 Å². The average molecular weight is 333 g/mol. The maximum absolute atomic E-state index is 12.2. The Morgan fingerprint density at radius 3 is 2.91 bits per heavy atom. The molecule has 9 heteroatoms. The molecular weight excluding hydrogens is 318 g/mol. The Labute approximate surface area is 135 Å². The maximum Gasteiger partial charge on any atom is 0.266 e. The minimum Gasteiger partial charge on any atom is -0.480 e. The van der Waals surface area contributed by atoms with Crippen LogP contribution in [-0.2, 0) is 6.54 Å². The van der Waals surface area contributed by atoms with Crippen molar-refractivity contribution in [2.24, 2.45) is 0 Å². The van der Waals surface area contributed by atoms with Gasteiger partial charge in [0, 0.05) is 35.6 Å². The van der Waals surface area contributed by atoms with Crippen molar-refractivity contribution in [1.82, 2.24) is 24.3 Å². The molecule has 3 aromatic heterocycles. The zero-order valence-electron chi connectivity index (χ0n) is 12.8. The van der Waals surface area contributed by atoms with Gasteiger partial charge in [-0.15, -0.1) is 0 Å². The molecule has 0 unspecified atom stereocenters. The third-order valence-corrected chi connectivity index (χ3v) is 4.32. The van der Waals surface area contributed by atoms with Gasteiger partial charge in [0.1, 0.15) is 4.88 Å². The molecule has 2 N–H and O–H groups in total. The molecule has 3 heterocycles. The summed E-state index contributed by atoms with van der Waals surface area (Å²) in [6.45, 7) is 4.02. The van der Waals surface area contributed by atoms with Crippen molar-refractivity contribution in [1.29, 1.82) is 0 Å². The number of rotatable bonds is 4. The number of aryl methyl sites for hydroxylation is 2. The number of amides is 1. The molecule has 0 radical (unpaired) electrons. The van der Waals surface area contributed by atoms with Crippen molar-refractivity contribution < 1.29 is 9.53 Å². The van der Waals surface area contributed by atoms with Gasteiger partial charge in [0.2, 0.25) is 5.88 Å². The van der Waals surface area contributed by atoms with Gasteiger partial charge < -0.3 is 10.1 Å². The minimum atomic E-state index is -0.231. The van der Waals surface area contributed by atoms with E-state index in [4.69, 9.17) is 4.74 Å². The Bertz CT molecular complexity index is 940. The highest BCUT2D eigenvalue weighted by Gasteiger charge is 2.14. The fourth-order valence-electron chi connectivity index (χ4n) is 2.33. The first-order valence-electron chi connectivity index (χ1n) is 6.86. The first-order chi connectivity index (χ1) is 11.0. The van der Waals surface area contributed by atoms with E-state index >= 15 is 0 Å². The van der Waals surface area contributed by atoms with Crippen LogP contribution in [0, 0.1) is 13.8 Å². The highest BCUT2D eigenvalue weighted by atomic mass is 32.1. The molecule has 3 aromatic rings. The van der Waals surface area contributed by atoms with E-state index in [2.05, 4.69) is 19.8 Å². The zero-order valence-corrected chi connectivity index (χ0v) is 13.7. The predicted molar refractivity (Wildman–Crippen MR) is 85.1 cm³/mol. The van der Waals surface area contributed by atoms with Crippen LogP contribution in [0.2, 0.25) is 0 Å². The van der Waals surface area contributed by atoms with E-state index in [1.54, 1.807) is 10.6 Å². The number of ether oxygens (including phenoxy) is 1. The Morgan fingerprint density at radius 2 is 2.22 bits per heavy atom. The third-order valence-electron chi connectivity index (χ3n) is 3.55. The molecule has 0 aliphatic rings. The lowest BCUT2D eigenvalue weighted by molar-refractivity contribution is 0.0954. The highest BCUT2D eigenvalue weighted by Crippen LogP contribution is 2.17. The first kappa shape index (κ1) is 15.2. The van der Waals surface area contributed by atoms with Gasteiger partial charge in [0.25, 0.3) is 11.5 Å². The molecule has 23 heavy (non-hydrogen) atoms. The standard InChI is InChI=1S/C14H15N5O3S/c1-7-9(8(2)19-11(16-7)5-12(20)17-19)6-15-14(21)10-4-13(22-3)18-23-10/h4-5H,6H2,1-3H3,(H,15,21)(H,17,20). The molecule has 1 amide bonds. The summed E-state index contributed by atoms with van der Waals surface area (Å²) in [6.07, 6.45) is 0. The van der Waals surface area contributed by atoms with E-state index < -0.39 is 0 Å². The average Bonchev–Trinajstić information content (AvgIpc) is 3.12. The van der Waals surface area contributed by atoms with E-state index in [-0.39, 0.29) is 11.5 Å². The van der Waals surface area contributed by atoms with E-state index in [1.165, 1.54) is 13.2 Å². The molecule has 0 aromatic carbocycles. The summed E-state index contributed by atoms with van der Waals surface area (Å²) in [5.41, 5.74) is 2.81. The second-order valence-corrected chi connectivity index (χ2v) is 5.80. The lowest BCUT2D eigenvalue weighted by Crippen LogP contribution is -2.24. The first-order valence-corrected chi connectivity index (χ1v) is 7.63. The fraction of sp³-hybridized carbons (Fsp3) is 0.286. The molecule has 0 saturated carbocycles. The number of methoxy groups -OCH3 is 1. The second-order valence-electron chi connectivity index (χ2n) is 4.99. The number of carbonyl (C=O) groups excluding carboxylic acids is 1. The zero-order chi connectivity index (χ0) is 16.6. The van der Waals surface area contributed by atoms with E-state index in [0.717, 1.165) is 28.5 Å². The number of carbonyl (C=O) groups is 1. The summed E-state index contributed by atoms with van der Waals surface area (Å²) >= 11 is 1.08. The van der Waals surface area contributed by atoms with Crippen molar-refractivity contribution >= 4 is 23.1 Å². The summed E-state index contributed by atoms with van der Waals surface area (Å²) in [4.78, 5) is 28.4. The van der Waals surface area contributed by atoms with Gasteiger partial charge in [0.15, 0.2) is 5.65 Å². The summed E-state index contributed by atoms with van der Waals surface area (Å²) in [7, 11) is 1.50. The van der Waals surface area contributed by atoms with Gasteiger partial charge in [-0.05, 0) is 25.4 Å². The number of nitrogens with one attached hydrogen (secondary N) is 2. The van der Waals surface area contributed by atoms with Crippen LogP contribution in [0.25, 0.3) is 5.65 Å². The SMILES string of the molecule is COc1cc(C(=O)NCc2c(C)nc3cc(=O)[nH]n3c2C)sn1. The number of hydrogen-bond acceptors (Lipinski definition) is 6. The van der Waals surface area contributed by atoms with Crippen molar-refractivity contribution in [3.63, 3.8) is 0 Å². The topological polar surface area (TPSA) is 101 Å². The van der Waals surface area contributed by atoms with Crippen molar-refractivity contribution in [2.75, 3.05) is 7.11 Å². The molecule has 0 fully saturated rings. The minimum absolute atomic E-state index is 0.210. The lowest BCUT2D eigenvalue weighted by atomic mass is 10.1. The van der Waals surface area contributed by atoms with E-state index in [0.29, 0.717) is 22.9 Å². The molecule has 3 rings (SSSR count). The van der Waals surface area contributed by atoms with Crippen molar-refractivity contribution in [3.8, 4) is 5.88 Å². The Balaban J connectivity index is 1.83. The van der Waals surface area contributed by atoms with Crippen LogP contribution in [0.3, 0.4) is 0 Å². The Morgan fingerprint density at radius 1 is 1.43 bits per heavy atom. The van der Waals surface area contributed by atoms with E-state index in [9.17, 15) is 9.59 Å². The fourth-order valence-corrected chi connectivity index (χ4v) is 2.95. The van der Waals surface area contributed by atoms with Crippen LogP contribution < -0.4 is 15.6 Å².